The van der Waals surface area contributed by atoms with Crippen LogP contribution in [-0.4, -0.2) is 10.1 Å². The highest BCUT2D eigenvalue weighted by Gasteiger charge is 2.03. The summed E-state index contributed by atoms with van der Waals surface area (Å²) in [6, 6.07) is 1.90. The molecule has 4 heteroatoms. The van der Waals surface area contributed by atoms with Gasteiger partial charge in [0, 0.05) is 5.56 Å². The van der Waals surface area contributed by atoms with Crippen molar-refractivity contribution in [1.29, 1.82) is 0 Å². The minimum Gasteiger partial charge on any atom is -0.474 e. The number of rotatable bonds is 3. The Kier molecular flexibility index (Phi) is 4.32. The van der Waals surface area contributed by atoms with Crippen LogP contribution >= 0.6 is 24.0 Å². The fourth-order valence-corrected chi connectivity index (χ4v) is 1.65. The summed E-state index contributed by atoms with van der Waals surface area (Å²) in [5, 5.41) is 0. The average Bonchev–Trinajstić information content (AvgIpc) is 2.48. The number of hydrogen-bond acceptors (Lipinski definition) is 4. The third kappa shape index (κ3) is 3.40. The quantitative estimate of drug-likeness (QED) is 0.724. The van der Waals surface area contributed by atoms with Crippen LogP contribution in [0.5, 0.6) is 0 Å². The molecule has 0 saturated heterocycles. The lowest BCUT2D eigenvalue weighted by molar-refractivity contribution is 0.307. The summed E-state index contributed by atoms with van der Waals surface area (Å²) in [6.07, 6.45) is 1.66. The maximum Gasteiger partial charge on any atom is 0.220 e. The number of hydrogen-bond donors (Lipinski definition) is 0. The minimum absolute atomic E-state index is 0.508. The van der Waals surface area contributed by atoms with Crippen molar-refractivity contribution in [2.75, 3.05) is 5.75 Å². The second kappa shape index (κ2) is 5.29. The van der Waals surface area contributed by atoms with Gasteiger partial charge in [0.15, 0.2) is 0 Å². The number of thiocarbonyl (C=S) groups is 1. The summed E-state index contributed by atoms with van der Waals surface area (Å²) in [5.74, 6) is 1.84. The van der Waals surface area contributed by atoms with E-state index in [-0.39, 0.29) is 0 Å². The van der Waals surface area contributed by atoms with Gasteiger partial charge in [-0.15, -0.1) is 0 Å². The number of ether oxygens (including phenoxy) is 1. The summed E-state index contributed by atoms with van der Waals surface area (Å²) in [6.45, 7) is 4.46. The van der Waals surface area contributed by atoms with Crippen LogP contribution < -0.4 is 0 Å². The molecule has 0 aliphatic heterocycles. The molecule has 0 bridgehead atoms. The van der Waals surface area contributed by atoms with Crippen molar-refractivity contribution >= 4 is 28.4 Å². The zero-order valence-corrected chi connectivity index (χ0v) is 9.33. The van der Waals surface area contributed by atoms with E-state index in [0.29, 0.717) is 11.0 Å². The van der Waals surface area contributed by atoms with Crippen LogP contribution in [0.4, 0.5) is 0 Å². The smallest absolute Gasteiger partial charge is 0.220 e. The average molecular weight is 216 g/mol. The van der Waals surface area contributed by atoms with Crippen LogP contribution in [-0.2, 0) is 11.3 Å². The zero-order chi connectivity index (χ0) is 9.68. The predicted octanol–water partition coefficient (Wildman–Crippen LogP) is 3.14. The van der Waals surface area contributed by atoms with E-state index in [1.807, 2.05) is 19.9 Å². The molecule has 72 valence electrons. The van der Waals surface area contributed by atoms with E-state index in [4.69, 9.17) is 21.4 Å². The van der Waals surface area contributed by atoms with E-state index >= 15 is 0 Å². The SMILES string of the molecule is CCSC(=S)OCc1ccoc1C. The van der Waals surface area contributed by atoms with Crippen molar-refractivity contribution in [3.63, 3.8) is 0 Å². The molecule has 0 spiro atoms. The first-order chi connectivity index (χ1) is 6.24. The zero-order valence-electron chi connectivity index (χ0n) is 7.70. The lowest BCUT2D eigenvalue weighted by Gasteiger charge is -2.04. The molecule has 0 amide bonds. The molecule has 0 fully saturated rings. The van der Waals surface area contributed by atoms with Gasteiger partial charge in [0.1, 0.15) is 12.4 Å². The first-order valence-electron chi connectivity index (χ1n) is 4.06. The van der Waals surface area contributed by atoms with Crippen molar-refractivity contribution in [3.05, 3.63) is 23.7 Å². The lowest BCUT2D eigenvalue weighted by Crippen LogP contribution is -1.97. The van der Waals surface area contributed by atoms with Crippen LogP contribution in [0.25, 0.3) is 0 Å². The molecule has 0 aliphatic carbocycles. The standard InChI is InChI=1S/C9H12O2S2/c1-3-13-9(12)11-6-8-4-5-10-7(8)2/h4-5H,3,6H2,1-2H3. The van der Waals surface area contributed by atoms with Gasteiger partial charge in [-0.2, -0.15) is 0 Å². The molecule has 0 saturated carbocycles. The van der Waals surface area contributed by atoms with Gasteiger partial charge in [-0.05, 0) is 31.0 Å². The molecule has 0 N–H and O–H groups in total. The van der Waals surface area contributed by atoms with E-state index in [0.717, 1.165) is 17.1 Å². The highest BCUT2D eigenvalue weighted by Crippen LogP contribution is 2.12. The van der Waals surface area contributed by atoms with Gasteiger partial charge in [-0.25, -0.2) is 0 Å². The molecule has 0 radical (unpaired) electrons. The summed E-state index contributed by atoms with van der Waals surface area (Å²) in [5.41, 5.74) is 1.05. The fourth-order valence-electron chi connectivity index (χ4n) is 0.857. The molecule has 0 unspecified atom stereocenters. The summed E-state index contributed by atoms with van der Waals surface area (Å²) >= 11 is 6.52. The third-order valence-corrected chi connectivity index (χ3v) is 2.69. The van der Waals surface area contributed by atoms with Crippen LogP contribution in [0, 0.1) is 6.92 Å². The van der Waals surface area contributed by atoms with Crippen molar-refractivity contribution in [1.82, 2.24) is 0 Å². The Morgan fingerprint density at radius 2 is 2.46 bits per heavy atom. The van der Waals surface area contributed by atoms with Crippen molar-refractivity contribution in [2.45, 2.75) is 20.5 Å². The number of thioether (sulfide) groups is 1. The van der Waals surface area contributed by atoms with Gasteiger partial charge < -0.3 is 9.15 Å². The van der Waals surface area contributed by atoms with Crippen molar-refractivity contribution < 1.29 is 9.15 Å². The molecule has 1 rings (SSSR count). The monoisotopic (exact) mass is 216 g/mol. The molecule has 1 aromatic heterocycles. The first-order valence-corrected chi connectivity index (χ1v) is 5.46. The molecule has 0 aromatic carbocycles. The molecule has 0 aliphatic rings. The maximum absolute atomic E-state index is 5.34. The lowest BCUT2D eigenvalue weighted by atomic mass is 10.3. The van der Waals surface area contributed by atoms with E-state index in [9.17, 15) is 0 Å². The van der Waals surface area contributed by atoms with Crippen LogP contribution in [0.15, 0.2) is 16.7 Å². The molecule has 1 heterocycles. The highest BCUT2D eigenvalue weighted by atomic mass is 32.2. The Labute approximate surface area is 87.6 Å². The van der Waals surface area contributed by atoms with Crippen LogP contribution in [0.3, 0.4) is 0 Å². The maximum atomic E-state index is 5.34. The van der Waals surface area contributed by atoms with E-state index in [1.165, 1.54) is 11.8 Å². The number of aryl methyl sites for hydroxylation is 1. The summed E-state index contributed by atoms with van der Waals surface area (Å²) in [4.78, 5) is 0. The fraction of sp³-hybridized carbons (Fsp3) is 0.444. The van der Waals surface area contributed by atoms with Gasteiger partial charge >= 0.3 is 0 Å². The molecule has 2 nitrogen and oxygen atoms in total. The first kappa shape index (κ1) is 10.6. The summed E-state index contributed by atoms with van der Waals surface area (Å²) in [7, 11) is 0. The second-order valence-corrected chi connectivity index (χ2v) is 4.34. The Morgan fingerprint density at radius 1 is 1.69 bits per heavy atom. The third-order valence-electron chi connectivity index (χ3n) is 1.57. The predicted molar refractivity (Wildman–Crippen MR) is 59.0 cm³/mol. The van der Waals surface area contributed by atoms with Gasteiger partial charge in [0.2, 0.25) is 4.38 Å². The van der Waals surface area contributed by atoms with Crippen LogP contribution in [0.1, 0.15) is 18.2 Å². The topological polar surface area (TPSA) is 22.4 Å². The Balaban J connectivity index is 2.35. The van der Waals surface area contributed by atoms with E-state index < -0.39 is 0 Å². The molecular weight excluding hydrogens is 204 g/mol. The molecule has 13 heavy (non-hydrogen) atoms. The second-order valence-electron chi connectivity index (χ2n) is 2.47. The molecule has 0 atom stereocenters. The highest BCUT2D eigenvalue weighted by molar-refractivity contribution is 8.22. The van der Waals surface area contributed by atoms with Crippen LogP contribution in [0.2, 0.25) is 0 Å². The van der Waals surface area contributed by atoms with Gasteiger partial charge in [0.05, 0.1) is 6.26 Å². The minimum atomic E-state index is 0.508. The molecular formula is C9H12O2S2. The normalized spacial score (nSPS) is 10.0. The Morgan fingerprint density at radius 3 is 3.00 bits per heavy atom. The van der Waals surface area contributed by atoms with Gasteiger partial charge in [-0.3, -0.25) is 0 Å². The van der Waals surface area contributed by atoms with Gasteiger partial charge in [0.25, 0.3) is 0 Å². The Hall–Kier alpha value is -0.480. The van der Waals surface area contributed by atoms with Gasteiger partial charge in [-0.1, -0.05) is 18.7 Å². The summed E-state index contributed by atoms with van der Waals surface area (Å²) < 4.78 is 11.1. The number of furan rings is 1. The van der Waals surface area contributed by atoms with E-state index in [1.54, 1.807) is 6.26 Å². The molecule has 1 aromatic rings. The van der Waals surface area contributed by atoms with Crippen molar-refractivity contribution in [2.24, 2.45) is 0 Å². The van der Waals surface area contributed by atoms with E-state index in [2.05, 4.69) is 0 Å². The van der Waals surface area contributed by atoms with Crippen molar-refractivity contribution in [3.8, 4) is 0 Å². The largest absolute Gasteiger partial charge is 0.474 e. The Bertz CT molecular complexity index is 281.